The topological polar surface area (TPSA) is 113 Å². The maximum absolute atomic E-state index is 11.6. The molecular weight excluding hydrogens is 268 g/mol. The molecule has 0 saturated heterocycles. The molecule has 98 valence electrons. The van der Waals surface area contributed by atoms with E-state index in [1.807, 2.05) is 6.07 Å². The number of aromatic nitrogens is 4. The Morgan fingerprint density at radius 1 is 1.53 bits per heavy atom. The summed E-state index contributed by atoms with van der Waals surface area (Å²) in [7, 11) is -3.56. The molecule has 1 aliphatic carbocycles. The van der Waals surface area contributed by atoms with Crippen molar-refractivity contribution in [3.63, 3.8) is 0 Å². The van der Waals surface area contributed by atoms with Crippen molar-refractivity contribution in [2.24, 2.45) is 0 Å². The summed E-state index contributed by atoms with van der Waals surface area (Å²) in [5.41, 5.74) is 0.525. The van der Waals surface area contributed by atoms with Crippen molar-refractivity contribution in [2.45, 2.75) is 24.0 Å². The Kier molecular flexibility index (Phi) is 2.43. The number of rotatable bonds is 3. The number of nitriles is 1. The van der Waals surface area contributed by atoms with Gasteiger partial charge in [-0.1, -0.05) is 0 Å². The molecule has 2 aromatic rings. The lowest BCUT2D eigenvalue weighted by Crippen LogP contribution is -2.13. The third kappa shape index (κ3) is 2.10. The van der Waals surface area contributed by atoms with Crippen LogP contribution in [-0.2, 0) is 9.84 Å². The Morgan fingerprint density at radius 2 is 2.26 bits per heavy atom. The van der Waals surface area contributed by atoms with Crippen molar-refractivity contribution in [1.29, 1.82) is 5.26 Å². The summed E-state index contributed by atoms with van der Waals surface area (Å²) in [6.07, 6.45) is 4.39. The van der Waals surface area contributed by atoms with Gasteiger partial charge in [0.15, 0.2) is 17.2 Å². The van der Waals surface area contributed by atoms with Gasteiger partial charge >= 0.3 is 0 Å². The molecule has 0 atom stereocenters. The van der Waals surface area contributed by atoms with Gasteiger partial charge in [-0.15, -0.1) is 5.10 Å². The number of hydrogen-bond acceptors (Lipinski definition) is 7. The molecule has 8 nitrogen and oxygen atoms in total. The normalized spacial score (nSPS) is 15.4. The summed E-state index contributed by atoms with van der Waals surface area (Å²) in [4.78, 5) is 8.05. The lowest BCUT2D eigenvalue weighted by atomic mass is 10.5. The lowest BCUT2D eigenvalue weighted by Gasteiger charge is -2.06. The highest BCUT2D eigenvalue weighted by Crippen LogP contribution is 2.26. The minimum Gasteiger partial charge on any atom is -0.364 e. The number of imidazole rings is 1. The van der Waals surface area contributed by atoms with Gasteiger partial charge in [0.25, 0.3) is 5.16 Å². The van der Waals surface area contributed by atoms with E-state index in [9.17, 15) is 8.42 Å². The zero-order valence-corrected chi connectivity index (χ0v) is 10.8. The number of hydrogen-bond donors (Lipinski definition) is 1. The molecule has 0 aliphatic heterocycles. The number of fused-ring (bicyclic) bond motifs is 1. The van der Waals surface area contributed by atoms with Crippen LogP contribution in [0, 0.1) is 11.3 Å². The Hall–Kier alpha value is -2.21. The van der Waals surface area contributed by atoms with Crippen molar-refractivity contribution in [3.8, 4) is 6.07 Å². The smallest absolute Gasteiger partial charge is 0.267 e. The minimum atomic E-state index is -3.56. The summed E-state index contributed by atoms with van der Waals surface area (Å²) in [6, 6.07) is 2.20. The van der Waals surface area contributed by atoms with Gasteiger partial charge < -0.3 is 5.32 Å². The summed E-state index contributed by atoms with van der Waals surface area (Å²) in [5.74, 6) is 0.347. The van der Waals surface area contributed by atoms with Gasteiger partial charge in [-0.3, -0.25) is 0 Å². The summed E-state index contributed by atoms with van der Waals surface area (Å²) in [6.45, 7) is 0. The first-order valence-corrected chi connectivity index (χ1v) is 7.50. The fourth-order valence-electron chi connectivity index (χ4n) is 1.61. The molecule has 1 N–H and O–H groups in total. The van der Waals surface area contributed by atoms with E-state index in [4.69, 9.17) is 5.26 Å². The van der Waals surface area contributed by atoms with Crippen LogP contribution in [0.25, 0.3) is 5.65 Å². The molecule has 1 fully saturated rings. The standard InChI is InChI=1S/C10H10N6O2S/c1-19(17,18)10-14-8(13-6-2-3-6)9-12-5-7(4-11)16(9)15-10/h5-6H,2-3H2,1H3,(H,13,14,15). The average molecular weight is 278 g/mol. The first-order chi connectivity index (χ1) is 8.99. The lowest BCUT2D eigenvalue weighted by molar-refractivity contribution is 0.587. The minimum absolute atomic E-state index is 0.168. The SMILES string of the molecule is CS(=O)(=O)c1nc(NC2CC2)c2ncc(C#N)n2n1. The second-order valence-corrected chi connectivity index (χ2v) is 6.33. The largest absolute Gasteiger partial charge is 0.364 e. The van der Waals surface area contributed by atoms with Crippen LogP contribution in [0.3, 0.4) is 0 Å². The maximum Gasteiger partial charge on any atom is 0.267 e. The van der Waals surface area contributed by atoms with E-state index < -0.39 is 9.84 Å². The van der Waals surface area contributed by atoms with Gasteiger partial charge in [-0.25, -0.2) is 13.4 Å². The zero-order valence-electron chi connectivity index (χ0n) is 10.0. The summed E-state index contributed by atoms with van der Waals surface area (Å²) in [5, 5.41) is 15.6. The number of nitrogens with one attached hydrogen (secondary N) is 1. The average Bonchev–Trinajstić information content (AvgIpc) is 3.05. The van der Waals surface area contributed by atoms with Crippen molar-refractivity contribution >= 4 is 21.3 Å². The van der Waals surface area contributed by atoms with Crippen LogP contribution in [-0.4, -0.2) is 40.3 Å². The van der Waals surface area contributed by atoms with Gasteiger partial charge in [-0.05, 0) is 12.8 Å². The maximum atomic E-state index is 11.6. The highest BCUT2D eigenvalue weighted by molar-refractivity contribution is 7.90. The fraction of sp³-hybridized carbons (Fsp3) is 0.400. The predicted octanol–water partition coefficient (Wildman–Crippen LogP) is -0.0262. The van der Waals surface area contributed by atoms with E-state index in [2.05, 4.69) is 20.4 Å². The fourth-order valence-corrected chi connectivity index (χ4v) is 2.10. The van der Waals surface area contributed by atoms with Crippen LogP contribution in [0.15, 0.2) is 11.4 Å². The Morgan fingerprint density at radius 3 is 2.84 bits per heavy atom. The second-order valence-electron chi connectivity index (χ2n) is 4.42. The van der Waals surface area contributed by atoms with E-state index in [0.717, 1.165) is 19.1 Å². The highest BCUT2D eigenvalue weighted by atomic mass is 32.2. The molecule has 0 spiro atoms. The van der Waals surface area contributed by atoms with Gasteiger partial charge in [0, 0.05) is 12.3 Å². The molecule has 2 heterocycles. The third-order valence-corrected chi connectivity index (χ3v) is 3.54. The first-order valence-electron chi connectivity index (χ1n) is 5.61. The third-order valence-electron chi connectivity index (χ3n) is 2.71. The Balaban J connectivity index is 2.26. The van der Waals surface area contributed by atoms with Crippen molar-refractivity contribution < 1.29 is 8.42 Å². The van der Waals surface area contributed by atoms with E-state index in [1.54, 1.807) is 0 Å². The van der Waals surface area contributed by atoms with Gasteiger partial charge in [0.1, 0.15) is 6.07 Å². The summed E-state index contributed by atoms with van der Waals surface area (Å²) < 4.78 is 24.4. The van der Waals surface area contributed by atoms with Crippen LogP contribution >= 0.6 is 0 Å². The van der Waals surface area contributed by atoms with Crippen molar-refractivity contribution in [3.05, 3.63) is 11.9 Å². The second kappa shape index (κ2) is 3.89. The van der Waals surface area contributed by atoms with Gasteiger partial charge in [0.05, 0.1) is 6.20 Å². The van der Waals surface area contributed by atoms with E-state index in [1.165, 1.54) is 10.7 Å². The van der Waals surface area contributed by atoms with Crippen LogP contribution in [0.5, 0.6) is 0 Å². The molecule has 0 unspecified atom stereocenters. The molecule has 0 bridgehead atoms. The molecule has 3 rings (SSSR count). The van der Waals surface area contributed by atoms with Gasteiger partial charge in [-0.2, -0.15) is 14.8 Å². The monoisotopic (exact) mass is 278 g/mol. The quantitative estimate of drug-likeness (QED) is 0.838. The number of anilines is 1. The van der Waals surface area contributed by atoms with Crippen LogP contribution in [0.2, 0.25) is 0 Å². The zero-order chi connectivity index (χ0) is 13.6. The van der Waals surface area contributed by atoms with Gasteiger partial charge in [0.2, 0.25) is 9.84 Å². The molecule has 1 saturated carbocycles. The molecule has 2 aromatic heterocycles. The number of nitrogens with zero attached hydrogens (tertiary/aromatic N) is 5. The summed E-state index contributed by atoms with van der Waals surface area (Å²) >= 11 is 0. The number of sulfone groups is 1. The predicted molar refractivity (Wildman–Crippen MR) is 65.3 cm³/mol. The molecular formula is C10H10N6O2S. The molecule has 0 amide bonds. The van der Waals surface area contributed by atoms with Crippen molar-refractivity contribution in [1.82, 2.24) is 19.6 Å². The van der Waals surface area contributed by atoms with E-state index in [0.29, 0.717) is 11.5 Å². The van der Waals surface area contributed by atoms with E-state index in [-0.39, 0.29) is 16.9 Å². The van der Waals surface area contributed by atoms with Crippen molar-refractivity contribution in [2.75, 3.05) is 11.6 Å². The van der Waals surface area contributed by atoms with E-state index >= 15 is 0 Å². The highest BCUT2D eigenvalue weighted by Gasteiger charge is 2.25. The molecule has 0 aromatic carbocycles. The van der Waals surface area contributed by atoms with Crippen LogP contribution in [0.1, 0.15) is 18.5 Å². The van der Waals surface area contributed by atoms with Crippen LogP contribution < -0.4 is 5.32 Å². The molecule has 19 heavy (non-hydrogen) atoms. The Bertz CT molecular complexity index is 799. The Labute approximate surface area is 109 Å². The first kappa shape index (κ1) is 11.9. The molecule has 9 heteroatoms. The van der Waals surface area contributed by atoms with Crippen LogP contribution in [0.4, 0.5) is 5.82 Å². The molecule has 0 radical (unpaired) electrons. The molecule has 1 aliphatic rings.